The number of nitrogens with two attached hydrogens (primary N) is 1. The maximum absolute atomic E-state index is 12.3. The number of thiocarbonyl (C=S) groups is 1. The summed E-state index contributed by atoms with van der Waals surface area (Å²) in [5.74, 6) is 0.134. The van der Waals surface area contributed by atoms with Crippen molar-refractivity contribution in [3.05, 3.63) is 46.3 Å². The zero-order valence-corrected chi connectivity index (χ0v) is 14.1. The molecule has 0 aliphatic heterocycles. The molecule has 0 saturated heterocycles. The lowest BCUT2D eigenvalue weighted by molar-refractivity contribution is 0.601. The van der Waals surface area contributed by atoms with Crippen molar-refractivity contribution in [2.75, 3.05) is 4.72 Å². The number of benzene rings is 1. The van der Waals surface area contributed by atoms with E-state index in [1.807, 2.05) is 0 Å². The third kappa shape index (κ3) is 3.74. The van der Waals surface area contributed by atoms with Gasteiger partial charge in [-0.15, -0.1) is 0 Å². The Kier molecular flexibility index (Phi) is 4.55. The van der Waals surface area contributed by atoms with Crippen LogP contribution in [-0.2, 0) is 10.0 Å². The van der Waals surface area contributed by atoms with Gasteiger partial charge in [0.15, 0.2) is 5.82 Å². The molecule has 21 heavy (non-hydrogen) atoms. The first-order chi connectivity index (χ1) is 9.79. The number of halogens is 1. The largest absolute Gasteiger partial charge is 0.389 e. The second-order valence-electron chi connectivity index (χ2n) is 4.17. The summed E-state index contributed by atoms with van der Waals surface area (Å²) in [5, 5.41) is 0. The number of aromatic nitrogens is 2. The van der Waals surface area contributed by atoms with Gasteiger partial charge < -0.3 is 5.73 Å². The average Bonchev–Trinajstić information content (AvgIpc) is 2.40. The summed E-state index contributed by atoms with van der Waals surface area (Å²) in [6.45, 7) is 1.74. The smallest absolute Gasteiger partial charge is 0.263 e. The molecule has 0 radical (unpaired) electrons. The fourth-order valence-corrected chi connectivity index (χ4v) is 3.15. The first-order valence-electron chi connectivity index (χ1n) is 5.70. The molecule has 1 heterocycles. The van der Waals surface area contributed by atoms with Gasteiger partial charge in [0.05, 0.1) is 17.3 Å². The van der Waals surface area contributed by atoms with Crippen molar-refractivity contribution in [2.24, 2.45) is 5.73 Å². The highest BCUT2D eigenvalue weighted by atomic mass is 79.9. The number of nitrogens with zero attached hydrogens (tertiary/aromatic N) is 2. The standard InChI is InChI=1S/C12H11BrN4O2S2/c1-7-4-8(2-3-9(7)12(14)20)21(18,19)17-11-6-15-10(13)5-16-11/h2-6H,1H3,(H2,14,20)(H,16,17). The molecule has 2 rings (SSSR count). The number of anilines is 1. The highest BCUT2D eigenvalue weighted by molar-refractivity contribution is 9.10. The van der Waals surface area contributed by atoms with Crippen LogP contribution in [0.15, 0.2) is 40.1 Å². The minimum absolute atomic E-state index is 0.102. The van der Waals surface area contributed by atoms with Crippen LogP contribution >= 0.6 is 28.1 Å². The number of rotatable bonds is 4. The van der Waals surface area contributed by atoms with E-state index in [2.05, 4.69) is 30.6 Å². The van der Waals surface area contributed by atoms with Gasteiger partial charge in [0.2, 0.25) is 0 Å². The monoisotopic (exact) mass is 386 g/mol. The highest BCUT2D eigenvalue weighted by Crippen LogP contribution is 2.18. The average molecular weight is 387 g/mol. The van der Waals surface area contributed by atoms with Crippen molar-refractivity contribution in [2.45, 2.75) is 11.8 Å². The summed E-state index contributed by atoms with van der Waals surface area (Å²) in [6, 6.07) is 4.53. The van der Waals surface area contributed by atoms with Gasteiger partial charge in [0, 0.05) is 5.56 Å². The van der Waals surface area contributed by atoms with Crippen LogP contribution in [0.2, 0.25) is 0 Å². The predicted octanol–water partition coefficient (Wildman–Crippen LogP) is 1.98. The highest BCUT2D eigenvalue weighted by Gasteiger charge is 2.16. The Bertz CT molecular complexity index is 791. The molecule has 2 aromatic rings. The predicted molar refractivity (Wildman–Crippen MR) is 87.6 cm³/mol. The molecule has 0 saturated carbocycles. The van der Waals surface area contributed by atoms with Gasteiger partial charge in [-0.05, 0) is 40.5 Å². The molecule has 0 amide bonds. The van der Waals surface area contributed by atoms with Crippen molar-refractivity contribution in [1.82, 2.24) is 9.97 Å². The Labute approximate surface area is 136 Å². The summed E-state index contributed by atoms with van der Waals surface area (Å²) in [4.78, 5) is 8.15. The van der Waals surface area contributed by atoms with E-state index in [0.717, 1.165) is 0 Å². The second kappa shape index (κ2) is 6.04. The van der Waals surface area contributed by atoms with Crippen molar-refractivity contribution >= 4 is 49.0 Å². The van der Waals surface area contributed by atoms with Gasteiger partial charge in [-0.25, -0.2) is 18.4 Å². The molecular formula is C12H11BrN4O2S2. The van der Waals surface area contributed by atoms with E-state index in [9.17, 15) is 8.42 Å². The first kappa shape index (κ1) is 15.8. The summed E-state index contributed by atoms with van der Waals surface area (Å²) in [5.41, 5.74) is 6.89. The lowest BCUT2D eigenvalue weighted by Crippen LogP contribution is -2.16. The molecule has 1 aromatic carbocycles. The zero-order valence-electron chi connectivity index (χ0n) is 10.9. The molecule has 0 aliphatic rings. The summed E-state index contributed by atoms with van der Waals surface area (Å²) in [6.07, 6.45) is 2.72. The number of hydrogen-bond acceptors (Lipinski definition) is 5. The van der Waals surface area contributed by atoms with E-state index >= 15 is 0 Å². The normalized spacial score (nSPS) is 11.1. The van der Waals surface area contributed by atoms with Gasteiger partial charge in [-0.1, -0.05) is 18.3 Å². The molecule has 0 spiro atoms. The van der Waals surface area contributed by atoms with E-state index in [1.54, 1.807) is 13.0 Å². The summed E-state index contributed by atoms with van der Waals surface area (Å²) < 4.78 is 27.4. The molecule has 9 heteroatoms. The second-order valence-corrected chi connectivity index (χ2v) is 7.11. The summed E-state index contributed by atoms with van der Waals surface area (Å²) >= 11 is 8.02. The third-order valence-corrected chi connectivity index (χ3v) is 4.61. The molecule has 6 nitrogen and oxygen atoms in total. The Hall–Kier alpha value is -1.58. The zero-order chi connectivity index (χ0) is 15.6. The van der Waals surface area contributed by atoms with E-state index in [0.29, 0.717) is 15.7 Å². The molecular weight excluding hydrogens is 376 g/mol. The maximum Gasteiger partial charge on any atom is 0.263 e. The minimum Gasteiger partial charge on any atom is -0.389 e. The first-order valence-corrected chi connectivity index (χ1v) is 8.39. The van der Waals surface area contributed by atoms with Gasteiger partial charge in [0.1, 0.15) is 9.59 Å². The van der Waals surface area contributed by atoms with Crippen molar-refractivity contribution < 1.29 is 8.42 Å². The Morgan fingerprint density at radius 3 is 2.57 bits per heavy atom. The quantitative estimate of drug-likeness (QED) is 0.779. The van der Waals surface area contributed by atoms with Crippen LogP contribution in [0.4, 0.5) is 5.82 Å². The van der Waals surface area contributed by atoms with E-state index in [1.165, 1.54) is 24.5 Å². The molecule has 110 valence electrons. The van der Waals surface area contributed by atoms with Crippen LogP contribution in [-0.4, -0.2) is 23.4 Å². The lowest BCUT2D eigenvalue weighted by atomic mass is 10.1. The Morgan fingerprint density at radius 2 is 2.05 bits per heavy atom. The van der Waals surface area contributed by atoms with Crippen molar-refractivity contribution in [3.8, 4) is 0 Å². The van der Waals surface area contributed by atoms with Crippen LogP contribution in [0, 0.1) is 6.92 Å². The fraction of sp³-hybridized carbons (Fsp3) is 0.0833. The number of nitrogens with one attached hydrogen (secondary N) is 1. The van der Waals surface area contributed by atoms with Crippen LogP contribution in [0.1, 0.15) is 11.1 Å². The van der Waals surface area contributed by atoms with Crippen LogP contribution in [0.25, 0.3) is 0 Å². The van der Waals surface area contributed by atoms with E-state index in [4.69, 9.17) is 18.0 Å². The van der Waals surface area contributed by atoms with Crippen LogP contribution in [0.5, 0.6) is 0 Å². The van der Waals surface area contributed by atoms with Gasteiger partial charge >= 0.3 is 0 Å². The van der Waals surface area contributed by atoms with Gasteiger partial charge in [0.25, 0.3) is 10.0 Å². The van der Waals surface area contributed by atoms with Crippen molar-refractivity contribution in [1.29, 1.82) is 0 Å². The molecule has 0 atom stereocenters. The molecule has 0 bridgehead atoms. The minimum atomic E-state index is -3.74. The van der Waals surface area contributed by atoms with Gasteiger partial charge in [-0.3, -0.25) is 4.72 Å². The Balaban J connectivity index is 2.33. The number of sulfonamides is 1. The lowest BCUT2D eigenvalue weighted by Gasteiger charge is -2.09. The van der Waals surface area contributed by atoms with E-state index < -0.39 is 10.0 Å². The Morgan fingerprint density at radius 1 is 1.33 bits per heavy atom. The third-order valence-electron chi connectivity index (χ3n) is 2.63. The van der Waals surface area contributed by atoms with Crippen LogP contribution in [0.3, 0.4) is 0 Å². The fourth-order valence-electron chi connectivity index (χ4n) is 1.64. The topological polar surface area (TPSA) is 98.0 Å². The molecule has 0 fully saturated rings. The number of aryl methyl sites for hydroxylation is 1. The maximum atomic E-state index is 12.3. The molecule has 0 unspecified atom stereocenters. The SMILES string of the molecule is Cc1cc(S(=O)(=O)Nc2cnc(Br)cn2)ccc1C(N)=S. The van der Waals surface area contributed by atoms with Crippen molar-refractivity contribution in [3.63, 3.8) is 0 Å². The van der Waals surface area contributed by atoms with E-state index in [-0.39, 0.29) is 15.7 Å². The van der Waals surface area contributed by atoms with Crippen LogP contribution < -0.4 is 10.5 Å². The molecule has 0 aliphatic carbocycles. The molecule has 1 aromatic heterocycles. The summed E-state index contributed by atoms with van der Waals surface area (Å²) in [7, 11) is -3.74. The number of hydrogen-bond donors (Lipinski definition) is 2. The van der Waals surface area contributed by atoms with Gasteiger partial charge in [-0.2, -0.15) is 0 Å². The molecule has 3 N–H and O–H groups in total.